The minimum Gasteiger partial charge on any atom is -0.399 e. The van der Waals surface area contributed by atoms with Gasteiger partial charge in [0, 0.05) is 11.7 Å². The number of benzene rings is 1. The number of allylic oxidation sites excluding steroid dienone is 1. The van der Waals surface area contributed by atoms with Gasteiger partial charge in [0.1, 0.15) is 0 Å². The Bertz CT molecular complexity index is 564. The Hall–Kier alpha value is -1.33. The second-order valence-corrected chi connectivity index (χ2v) is 6.31. The maximum absolute atomic E-state index is 12.3. The average molecular weight is 266 g/mol. The summed E-state index contributed by atoms with van der Waals surface area (Å²) in [7, 11) is -3.48. The Morgan fingerprint density at radius 2 is 2.11 bits per heavy atom. The molecule has 1 atom stereocenters. The molecule has 3 N–H and O–H groups in total. The normalized spacial score (nSPS) is 19.9. The number of anilines is 1. The lowest BCUT2D eigenvalue weighted by Crippen LogP contribution is -2.35. The lowest BCUT2D eigenvalue weighted by Gasteiger charge is -2.20. The first-order valence-corrected chi connectivity index (χ1v) is 7.51. The first-order valence-electron chi connectivity index (χ1n) is 6.02. The molecule has 1 aromatic carbocycles. The summed E-state index contributed by atoms with van der Waals surface area (Å²) in [6.45, 7) is 1.77. The molecule has 0 saturated heterocycles. The van der Waals surface area contributed by atoms with Crippen molar-refractivity contribution in [2.45, 2.75) is 37.1 Å². The van der Waals surface area contributed by atoms with Crippen LogP contribution in [0.2, 0.25) is 0 Å². The molecule has 0 radical (unpaired) electrons. The van der Waals surface area contributed by atoms with E-state index in [9.17, 15) is 8.42 Å². The minimum absolute atomic E-state index is 0.0131. The lowest BCUT2D eigenvalue weighted by atomic mass is 10.0. The van der Waals surface area contributed by atoms with Gasteiger partial charge in [-0.3, -0.25) is 0 Å². The van der Waals surface area contributed by atoms with Crippen LogP contribution in [0.5, 0.6) is 0 Å². The van der Waals surface area contributed by atoms with Crippen molar-refractivity contribution in [2.75, 3.05) is 5.73 Å². The van der Waals surface area contributed by atoms with Crippen LogP contribution in [0.3, 0.4) is 0 Å². The number of aryl methyl sites for hydroxylation is 1. The average Bonchev–Trinajstić information content (AvgIpc) is 2.33. The summed E-state index contributed by atoms with van der Waals surface area (Å²) in [6, 6.07) is 4.93. The van der Waals surface area contributed by atoms with Gasteiger partial charge in [0.25, 0.3) is 0 Å². The van der Waals surface area contributed by atoms with Crippen molar-refractivity contribution in [1.82, 2.24) is 4.72 Å². The second-order valence-electron chi connectivity index (χ2n) is 4.63. The van der Waals surface area contributed by atoms with E-state index in [2.05, 4.69) is 10.8 Å². The highest BCUT2D eigenvalue weighted by Gasteiger charge is 2.21. The van der Waals surface area contributed by atoms with Gasteiger partial charge in [-0.05, 0) is 43.9 Å². The number of nitrogens with one attached hydrogen (secondary N) is 1. The largest absolute Gasteiger partial charge is 0.399 e. The van der Waals surface area contributed by atoms with E-state index in [0.29, 0.717) is 11.3 Å². The fourth-order valence-corrected chi connectivity index (χ4v) is 3.65. The Morgan fingerprint density at radius 1 is 1.33 bits per heavy atom. The minimum atomic E-state index is -3.48. The monoisotopic (exact) mass is 266 g/mol. The number of hydrogen-bond acceptors (Lipinski definition) is 3. The van der Waals surface area contributed by atoms with Gasteiger partial charge in [-0.1, -0.05) is 18.2 Å². The highest BCUT2D eigenvalue weighted by atomic mass is 32.2. The maximum Gasteiger partial charge on any atom is 0.241 e. The van der Waals surface area contributed by atoms with Crippen molar-refractivity contribution in [3.05, 3.63) is 35.9 Å². The molecular weight excluding hydrogens is 248 g/mol. The van der Waals surface area contributed by atoms with Crippen molar-refractivity contribution in [3.63, 3.8) is 0 Å². The lowest BCUT2D eigenvalue weighted by molar-refractivity contribution is 0.522. The molecule has 0 spiro atoms. The summed E-state index contributed by atoms with van der Waals surface area (Å²) >= 11 is 0. The molecule has 0 saturated carbocycles. The van der Waals surface area contributed by atoms with Gasteiger partial charge in [-0.25, -0.2) is 13.1 Å². The number of nitrogens with two attached hydrogens (primary N) is 1. The van der Waals surface area contributed by atoms with Crippen LogP contribution >= 0.6 is 0 Å². The van der Waals surface area contributed by atoms with Crippen molar-refractivity contribution < 1.29 is 8.42 Å². The second kappa shape index (κ2) is 5.12. The quantitative estimate of drug-likeness (QED) is 0.649. The van der Waals surface area contributed by atoms with Crippen molar-refractivity contribution >= 4 is 15.7 Å². The van der Waals surface area contributed by atoms with Crippen molar-refractivity contribution in [2.24, 2.45) is 0 Å². The topological polar surface area (TPSA) is 72.2 Å². The van der Waals surface area contributed by atoms with Gasteiger partial charge in [-0.2, -0.15) is 0 Å². The fraction of sp³-hybridized carbons (Fsp3) is 0.385. The van der Waals surface area contributed by atoms with E-state index in [1.165, 1.54) is 6.07 Å². The molecule has 5 heteroatoms. The van der Waals surface area contributed by atoms with Crippen LogP contribution in [-0.2, 0) is 10.0 Å². The molecule has 0 amide bonds. The Labute approximate surface area is 108 Å². The fourth-order valence-electron chi connectivity index (χ4n) is 2.09. The zero-order chi connectivity index (χ0) is 13.2. The van der Waals surface area contributed by atoms with Gasteiger partial charge in [0.2, 0.25) is 10.0 Å². The molecule has 0 heterocycles. The smallest absolute Gasteiger partial charge is 0.241 e. The Kier molecular flexibility index (Phi) is 3.73. The van der Waals surface area contributed by atoms with Crippen LogP contribution in [0, 0.1) is 6.92 Å². The summed E-state index contributed by atoms with van der Waals surface area (Å²) in [5.41, 5.74) is 6.83. The highest BCUT2D eigenvalue weighted by Crippen LogP contribution is 2.20. The van der Waals surface area contributed by atoms with Crippen LogP contribution < -0.4 is 10.5 Å². The predicted octanol–water partition coefficient (Wildman–Crippen LogP) is 1.96. The van der Waals surface area contributed by atoms with E-state index in [4.69, 9.17) is 5.73 Å². The van der Waals surface area contributed by atoms with Gasteiger partial charge in [-0.15, -0.1) is 0 Å². The van der Waals surface area contributed by atoms with Crippen LogP contribution in [0.4, 0.5) is 5.69 Å². The number of nitrogen functional groups attached to an aromatic ring is 1. The van der Waals surface area contributed by atoms with E-state index in [-0.39, 0.29) is 10.9 Å². The molecule has 0 fully saturated rings. The predicted molar refractivity (Wildman–Crippen MR) is 72.7 cm³/mol. The molecule has 1 aromatic rings. The SMILES string of the molecule is Cc1ccc(N)cc1S(=O)(=O)NC1CC=CCC1. The Morgan fingerprint density at radius 3 is 2.78 bits per heavy atom. The van der Waals surface area contributed by atoms with Crippen LogP contribution in [-0.4, -0.2) is 14.5 Å². The molecule has 4 nitrogen and oxygen atoms in total. The summed E-state index contributed by atoms with van der Waals surface area (Å²) in [6.07, 6.45) is 6.61. The third-order valence-corrected chi connectivity index (χ3v) is 4.76. The number of sulfonamides is 1. The standard InChI is InChI=1S/C13H18N2O2S/c1-10-7-8-11(14)9-13(10)18(16,17)15-12-5-3-2-4-6-12/h2-3,7-9,12,15H,4-6,14H2,1H3. The first kappa shape index (κ1) is 13.1. The highest BCUT2D eigenvalue weighted by molar-refractivity contribution is 7.89. The number of rotatable bonds is 3. The summed E-state index contributed by atoms with van der Waals surface area (Å²) < 4.78 is 27.3. The zero-order valence-corrected chi connectivity index (χ0v) is 11.2. The van der Waals surface area contributed by atoms with E-state index in [1.54, 1.807) is 19.1 Å². The molecule has 18 heavy (non-hydrogen) atoms. The van der Waals surface area contributed by atoms with Crippen LogP contribution in [0.25, 0.3) is 0 Å². The van der Waals surface area contributed by atoms with Gasteiger partial charge in [0.15, 0.2) is 0 Å². The molecule has 1 unspecified atom stereocenters. The summed E-state index contributed by atoms with van der Waals surface area (Å²) in [5, 5.41) is 0. The third kappa shape index (κ3) is 2.91. The van der Waals surface area contributed by atoms with E-state index in [0.717, 1.165) is 19.3 Å². The van der Waals surface area contributed by atoms with Gasteiger partial charge < -0.3 is 5.73 Å². The third-order valence-electron chi connectivity index (χ3n) is 3.09. The molecule has 0 aromatic heterocycles. The summed E-state index contributed by atoms with van der Waals surface area (Å²) in [5.74, 6) is 0. The number of hydrogen-bond donors (Lipinski definition) is 2. The van der Waals surface area contributed by atoms with Crippen LogP contribution in [0.1, 0.15) is 24.8 Å². The maximum atomic E-state index is 12.3. The van der Waals surface area contributed by atoms with E-state index < -0.39 is 10.0 Å². The summed E-state index contributed by atoms with van der Waals surface area (Å²) in [4.78, 5) is 0.275. The van der Waals surface area contributed by atoms with Crippen LogP contribution in [0.15, 0.2) is 35.2 Å². The van der Waals surface area contributed by atoms with E-state index >= 15 is 0 Å². The molecule has 0 aliphatic heterocycles. The molecule has 2 rings (SSSR count). The molecule has 0 bridgehead atoms. The molecule has 98 valence electrons. The Balaban J connectivity index is 2.24. The van der Waals surface area contributed by atoms with Crippen molar-refractivity contribution in [1.29, 1.82) is 0 Å². The van der Waals surface area contributed by atoms with Crippen molar-refractivity contribution in [3.8, 4) is 0 Å². The molecular formula is C13H18N2O2S. The molecule has 1 aliphatic rings. The van der Waals surface area contributed by atoms with E-state index in [1.807, 2.05) is 6.08 Å². The van der Waals surface area contributed by atoms with Gasteiger partial charge >= 0.3 is 0 Å². The van der Waals surface area contributed by atoms with Gasteiger partial charge in [0.05, 0.1) is 4.90 Å². The first-order chi connectivity index (χ1) is 8.49. The molecule has 1 aliphatic carbocycles. The zero-order valence-electron chi connectivity index (χ0n) is 10.4.